The second-order valence-corrected chi connectivity index (χ2v) is 9.95. The molecule has 0 saturated heterocycles. The molecule has 35 heavy (non-hydrogen) atoms. The van der Waals surface area contributed by atoms with Gasteiger partial charge < -0.3 is 14.8 Å². The molecule has 3 aromatic rings. The summed E-state index contributed by atoms with van der Waals surface area (Å²) >= 11 is 1.63. The average molecular weight is 491 g/mol. The molecule has 1 aromatic heterocycles. The van der Waals surface area contributed by atoms with Gasteiger partial charge in [0.1, 0.15) is 12.6 Å². The van der Waals surface area contributed by atoms with Gasteiger partial charge >= 0.3 is 0 Å². The van der Waals surface area contributed by atoms with Crippen LogP contribution < -0.4 is 14.8 Å². The zero-order valence-electron chi connectivity index (χ0n) is 20.3. The van der Waals surface area contributed by atoms with Crippen molar-refractivity contribution in [2.24, 2.45) is 0 Å². The summed E-state index contributed by atoms with van der Waals surface area (Å²) in [6.45, 7) is 4.65. The number of aromatic nitrogens is 3. The number of rotatable bonds is 8. The van der Waals surface area contributed by atoms with E-state index in [0.29, 0.717) is 30.5 Å². The largest absolute Gasteiger partial charge is 0.493 e. The molecule has 0 fully saturated rings. The minimum Gasteiger partial charge on any atom is -0.493 e. The van der Waals surface area contributed by atoms with Crippen molar-refractivity contribution >= 4 is 23.5 Å². The number of hydrogen-bond donors (Lipinski definition) is 1. The molecule has 1 unspecified atom stereocenters. The number of ether oxygens (including phenoxy) is 2. The fourth-order valence-electron chi connectivity index (χ4n) is 4.52. The molecule has 0 spiro atoms. The van der Waals surface area contributed by atoms with E-state index in [2.05, 4.69) is 43.4 Å². The monoisotopic (exact) mass is 490 g/mol. The third-order valence-electron chi connectivity index (χ3n) is 6.30. The van der Waals surface area contributed by atoms with E-state index in [1.165, 1.54) is 5.56 Å². The summed E-state index contributed by atoms with van der Waals surface area (Å²) in [7, 11) is 1.64. The van der Waals surface area contributed by atoms with Crippen LogP contribution in [-0.4, -0.2) is 33.4 Å². The lowest BCUT2D eigenvalue weighted by molar-refractivity contribution is -0.116. The number of thioether (sulfide) groups is 1. The van der Waals surface area contributed by atoms with Crippen molar-refractivity contribution in [3.05, 3.63) is 70.4 Å². The minimum absolute atomic E-state index is 0.159. The third-order valence-corrected chi connectivity index (χ3v) is 7.35. The van der Waals surface area contributed by atoms with Gasteiger partial charge in [-0.1, -0.05) is 54.6 Å². The lowest BCUT2D eigenvalue weighted by Gasteiger charge is -2.32. The summed E-state index contributed by atoms with van der Waals surface area (Å²) < 4.78 is 13.6. The van der Waals surface area contributed by atoms with Gasteiger partial charge in [0, 0.05) is 23.4 Å². The van der Waals surface area contributed by atoms with E-state index in [4.69, 9.17) is 19.6 Å². The van der Waals surface area contributed by atoms with Crippen molar-refractivity contribution in [3.63, 3.8) is 0 Å². The summed E-state index contributed by atoms with van der Waals surface area (Å²) in [6.07, 6.45) is 3.27. The number of carbonyl (C=O) groups is 1. The third kappa shape index (κ3) is 4.80. The Morgan fingerprint density at radius 2 is 1.97 bits per heavy atom. The van der Waals surface area contributed by atoms with E-state index in [1.807, 2.05) is 22.9 Å². The number of nitrogens with zero attached hydrogens (tertiary/aromatic N) is 3. The van der Waals surface area contributed by atoms with Gasteiger partial charge in [0.05, 0.1) is 7.11 Å². The summed E-state index contributed by atoms with van der Waals surface area (Å²) in [6, 6.07) is 13.8. The van der Waals surface area contributed by atoms with Crippen LogP contribution in [0.5, 0.6) is 11.5 Å². The molecule has 0 radical (unpaired) electrons. The molecule has 1 aliphatic heterocycles. The molecule has 1 atom stereocenters. The Bertz CT molecular complexity index is 1270. The topological polar surface area (TPSA) is 78.3 Å². The number of methoxy groups -OCH3 is 1. The molecule has 0 amide bonds. The lowest BCUT2D eigenvalue weighted by Crippen LogP contribution is -2.31. The van der Waals surface area contributed by atoms with E-state index < -0.39 is 0 Å². The number of ketones is 1. The van der Waals surface area contributed by atoms with E-state index in [0.717, 1.165) is 52.6 Å². The smallest absolute Gasteiger partial charge is 0.227 e. The maximum absolute atomic E-state index is 13.1. The number of aryl methyl sites for hydroxylation is 1. The van der Waals surface area contributed by atoms with Gasteiger partial charge in [0.2, 0.25) is 11.1 Å². The molecule has 7 nitrogen and oxygen atoms in total. The van der Waals surface area contributed by atoms with Crippen LogP contribution in [0.4, 0.5) is 5.95 Å². The number of fused-ring (bicyclic) bond motifs is 1. The fraction of sp³-hybridized carbons (Fsp3) is 0.370. The van der Waals surface area contributed by atoms with Crippen LogP contribution in [0.15, 0.2) is 58.9 Å². The minimum atomic E-state index is -0.349. The Morgan fingerprint density at radius 3 is 2.74 bits per heavy atom. The van der Waals surface area contributed by atoms with Gasteiger partial charge in [-0.05, 0) is 49.4 Å². The molecule has 0 saturated carbocycles. The number of Topliss-reactive ketones (excluding diaryl/α,β-unsaturated/α-hetero) is 1. The highest BCUT2D eigenvalue weighted by atomic mass is 32.2. The van der Waals surface area contributed by atoms with Crippen LogP contribution in [0.1, 0.15) is 55.3 Å². The molecular formula is C27H30N4O3S. The van der Waals surface area contributed by atoms with Crippen LogP contribution in [0.2, 0.25) is 0 Å². The van der Waals surface area contributed by atoms with Crippen molar-refractivity contribution in [3.8, 4) is 11.5 Å². The van der Waals surface area contributed by atoms with Crippen molar-refractivity contribution in [2.75, 3.05) is 18.2 Å². The van der Waals surface area contributed by atoms with Crippen LogP contribution in [0.25, 0.3) is 0 Å². The first-order valence-electron chi connectivity index (χ1n) is 12.1. The van der Waals surface area contributed by atoms with Gasteiger partial charge in [0.25, 0.3) is 0 Å². The fourth-order valence-corrected chi connectivity index (χ4v) is 5.20. The van der Waals surface area contributed by atoms with Crippen molar-refractivity contribution in [1.29, 1.82) is 0 Å². The highest BCUT2D eigenvalue weighted by Crippen LogP contribution is 2.42. The Balaban J connectivity index is 1.49. The van der Waals surface area contributed by atoms with Crippen molar-refractivity contribution in [2.45, 2.75) is 57.3 Å². The Kier molecular flexibility index (Phi) is 6.81. The number of hydrogen-bond acceptors (Lipinski definition) is 7. The number of allylic oxidation sites excluding steroid dienone is 2. The molecule has 1 aliphatic carbocycles. The number of anilines is 1. The van der Waals surface area contributed by atoms with Gasteiger partial charge in [-0.2, -0.15) is 4.98 Å². The van der Waals surface area contributed by atoms with Crippen LogP contribution in [0.3, 0.4) is 0 Å². The lowest BCUT2D eigenvalue weighted by atomic mass is 9.85. The number of benzene rings is 2. The molecule has 2 heterocycles. The second kappa shape index (κ2) is 10.2. The van der Waals surface area contributed by atoms with Crippen LogP contribution in [-0.2, 0) is 11.4 Å². The predicted molar refractivity (Wildman–Crippen MR) is 137 cm³/mol. The van der Waals surface area contributed by atoms with Crippen LogP contribution in [0, 0.1) is 6.92 Å². The molecule has 8 heteroatoms. The van der Waals surface area contributed by atoms with Gasteiger partial charge in [-0.15, -0.1) is 5.10 Å². The SMILES string of the molecule is CCCSc1nc2n(n1)C(c1ccc(OCc3ccc(C)cc3)c(OC)c1)C1=C(CCCC1=O)N2. The standard InChI is InChI=1S/C27H30N4O3S/c1-4-14-35-27-29-26-28-20-6-5-7-21(32)24(20)25(31(26)30-27)19-12-13-22(23(15-19)33-3)34-16-18-10-8-17(2)9-11-18/h8-13,15,25H,4-7,14,16H2,1-3H3,(H,28,29,30). The summed E-state index contributed by atoms with van der Waals surface area (Å²) in [5, 5.41) is 8.89. The predicted octanol–water partition coefficient (Wildman–Crippen LogP) is 5.70. The first kappa shape index (κ1) is 23.5. The zero-order chi connectivity index (χ0) is 24.4. The number of nitrogens with one attached hydrogen (secondary N) is 1. The molecule has 2 aromatic carbocycles. The maximum Gasteiger partial charge on any atom is 0.227 e. The van der Waals surface area contributed by atoms with E-state index in [-0.39, 0.29) is 11.8 Å². The summed E-state index contributed by atoms with van der Waals surface area (Å²) in [5.74, 6) is 3.07. The Hall–Kier alpha value is -3.26. The first-order chi connectivity index (χ1) is 17.1. The molecule has 2 aliphatic rings. The Morgan fingerprint density at radius 1 is 1.14 bits per heavy atom. The van der Waals surface area contributed by atoms with E-state index >= 15 is 0 Å². The summed E-state index contributed by atoms with van der Waals surface area (Å²) in [4.78, 5) is 17.8. The van der Waals surface area contributed by atoms with E-state index in [9.17, 15) is 4.79 Å². The zero-order valence-corrected chi connectivity index (χ0v) is 21.2. The molecule has 0 bridgehead atoms. The quantitative estimate of drug-likeness (QED) is 0.406. The van der Waals surface area contributed by atoms with Crippen molar-refractivity contribution < 1.29 is 14.3 Å². The van der Waals surface area contributed by atoms with Crippen LogP contribution >= 0.6 is 11.8 Å². The highest BCUT2D eigenvalue weighted by Gasteiger charge is 2.37. The molecule has 5 rings (SSSR count). The average Bonchev–Trinajstić information content (AvgIpc) is 3.28. The van der Waals surface area contributed by atoms with E-state index in [1.54, 1.807) is 18.9 Å². The number of carbonyl (C=O) groups excluding carboxylic acids is 1. The van der Waals surface area contributed by atoms with Gasteiger partial charge in [-0.25, -0.2) is 4.68 Å². The first-order valence-corrected chi connectivity index (χ1v) is 13.0. The molecule has 182 valence electrons. The Labute approximate surface area is 209 Å². The van der Waals surface area contributed by atoms with Gasteiger partial charge in [0.15, 0.2) is 17.3 Å². The highest BCUT2D eigenvalue weighted by molar-refractivity contribution is 7.99. The summed E-state index contributed by atoms with van der Waals surface area (Å²) in [5.41, 5.74) is 4.96. The normalized spacial score (nSPS) is 17.0. The van der Waals surface area contributed by atoms with Crippen molar-refractivity contribution in [1.82, 2.24) is 14.8 Å². The maximum atomic E-state index is 13.1. The second-order valence-electron chi connectivity index (χ2n) is 8.89. The van der Waals surface area contributed by atoms with Gasteiger partial charge in [-0.3, -0.25) is 4.79 Å². The molecular weight excluding hydrogens is 460 g/mol. The molecule has 1 N–H and O–H groups in total.